The molecule has 1 saturated heterocycles. The number of amides is 1. The van der Waals surface area contributed by atoms with E-state index < -0.39 is 0 Å². The Morgan fingerprint density at radius 3 is 2.64 bits per heavy atom. The number of carbonyl (C=O) groups is 1. The lowest BCUT2D eigenvalue weighted by Crippen LogP contribution is -2.54. The fourth-order valence-corrected chi connectivity index (χ4v) is 3.77. The Balaban J connectivity index is 0.00000312. The minimum atomic E-state index is -0.294. The zero-order chi connectivity index (χ0) is 17.6. The van der Waals surface area contributed by atoms with Crippen LogP contribution in [0.4, 0.5) is 0 Å². The van der Waals surface area contributed by atoms with Crippen molar-refractivity contribution in [2.45, 2.75) is 31.8 Å². The predicted molar refractivity (Wildman–Crippen MR) is 110 cm³/mol. The predicted octanol–water partition coefficient (Wildman–Crippen LogP) is 1.18. The van der Waals surface area contributed by atoms with Crippen molar-refractivity contribution in [1.82, 2.24) is 15.1 Å². The maximum atomic E-state index is 12.7. The minimum absolute atomic E-state index is 0. The number of nitrogens with one attached hydrogen (secondary N) is 1. The van der Waals surface area contributed by atoms with E-state index in [1.807, 2.05) is 14.1 Å². The number of rotatable bonds is 5. The molecule has 1 heterocycles. The van der Waals surface area contributed by atoms with Crippen LogP contribution in [0.1, 0.15) is 25.7 Å². The van der Waals surface area contributed by atoms with Crippen LogP contribution < -0.4 is 5.32 Å². The molecule has 1 saturated carbocycles. The molecule has 0 aromatic heterocycles. The lowest BCUT2D eigenvalue weighted by molar-refractivity contribution is -0.138. The maximum absolute atomic E-state index is 12.7. The number of methoxy groups -OCH3 is 1. The average Bonchev–Trinajstić information content (AvgIpc) is 3.05. The molecule has 0 radical (unpaired) electrons. The summed E-state index contributed by atoms with van der Waals surface area (Å²) >= 11 is 0. The van der Waals surface area contributed by atoms with Gasteiger partial charge in [-0.15, -0.1) is 24.0 Å². The molecule has 2 aliphatic rings. The van der Waals surface area contributed by atoms with Gasteiger partial charge in [0.05, 0.1) is 24.7 Å². The topological polar surface area (TPSA) is 66.4 Å². The van der Waals surface area contributed by atoms with Crippen LogP contribution in [0.3, 0.4) is 0 Å². The normalized spacial score (nSPS) is 23.1. The molecular formula is C17H33IN4O3. The third-order valence-corrected chi connectivity index (χ3v) is 5.01. The highest BCUT2D eigenvalue weighted by Gasteiger charge is 2.42. The van der Waals surface area contributed by atoms with E-state index in [-0.39, 0.29) is 41.4 Å². The molecule has 0 aromatic carbocycles. The third-order valence-electron chi connectivity index (χ3n) is 5.01. The van der Waals surface area contributed by atoms with E-state index in [1.165, 1.54) is 0 Å². The van der Waals surface area contributed by atoms with Crippen molar-refractivity contribution in [3.8, 4) is 0 Å². The van der Waals surface area contributed by atoms with Crippen molar-refractivity contribution < 1.29 is 14.3 Å². The highest BCUT2D eigenvalue weighted by Crippen LogP contribution is 2.38. The fraction of sp³-hybridized carbons (Fsp3) is 0.882. The monoisotopic (exact) mass is 468 g/mol. The summed E-state index contributed by atoms with van der Waals surface area (Å²) in [7, 11) is 7.16. The average molecular weight is 468 g/mol. The van der Waals surface area contributed by atoms with E-state index in [1.54, 1.807) is 19.1 Å². The van der Waals surface area contributed by atoms with Crippen molar-refractivity contribution in [2.75, 3.05) is 61.1 Å². The molecule has 2 fully saturated rings. The van der Waals surface area contributed by atoms with Gasteiger partial charge < -0.3 is 24.6 Å². The first-order valence-electron chi connectivity index (χ1n) is 8.80. The SMILES string of the molecule is CN=C(NCC1(C(=O)N(C)C)CCCC1)N1CCOC(COC)C1.I. The Labute approximate surface area is 168 Å². The molecule has 25 heavy (non-hydrogen) atoms. The number of guanidine groups is 1. The molecule has 146 valence electrons. The largest absolute Gasteiger partial charge is 0.382 e. The van der Waals surface area contributed by atoms with Crippen molar-refractivity contribution in [3.63, 3.8) is 0 Å². The molecule has 1 aliphatic heterocycles. The first-order valence-corrected chi connectivity index (χ1v) is 8.80. The zero-order valence-electron chi connectivity index (χ0n) is 15.9. The smallest absolute Gasteiger partial charge is 0.230 e. The minimum Gasteiger partial charge on any atom is -0.382 e. The molecule has 0 bridgehead atoms. The molecule has 2 rings (SSSR count). The number of morpholine rings is 1. The lowest BCUT2D eigenvalue weighted by atomic mass is 9.84. The van der Waals surface area contributed by atoms with Crippen molar-refractivity contribution in [3.05, 3.63) is 0 Å². The van der Waals surface area contributed by atoms with Gasteiger partial charge in [0.25, 0.3) is 0 Å². The fourth-order valence-electron chi connectivity index (χ4n) is 3.77. The van der Waals surface area contributed by atoms with Gasteiger partial charge in [-0.25, -0.2) is 0 Å². The lowest BCUT2D eigenvalue weighted by Gasteiger charge is -2.37. The van der Waals surface area contributed by atoms with E-state index in [0.29, 0.717) is 19.8 Å². The summed E-state index contributed by atoms with van der Waals surface area (Å²) in [6, 6.07) is 0. The van der Waals surface area contributed by atoms with Crippen LogP contribution in [0.15, 0.2) is 4.99 Å². The molecule has 0 aromatic rings. The number of hydrogen-bond acceptors (Lipinski definition) is 4. The number of aliphatic imine (C=N–C) groups is 1. The van der Waals surface area contributed by atoms with Crippen LogP contribution >= 0.6 is 24.0 Å². The molecule has 1 unspecified atom stereocenters. The summed E-state index contributed by atoms with van der Waals surface area (Å²) in [5.74, 6) is 1.07. The van der Waals surface area contributed by atoms with Gasteiger partial charge in [0.15, 0.2) is 5.96 Å². The molecule has 1 atom stereocenters. The van der Waals surface area contributed by atoms with Gasteiger partial charge >= 0.3 is 0 Å². The summed E-state index contributed by atoms with van der Waals surface area (Å²) in [6.45, 7) is 3.44. The van der Waals surface area contributed by atoms with E-state index >= 15 is 0 Å². The molecule has 1 amide bonds. The zero-order valence-corrected chi connectivity index (χ0v) is 18.2. The highest BCUT2D eigenvalue weighted by molar-refractivity contribution is 14.0. The first kappa shape index (κ1) is 22.4. The Kier molecular flexibility index (Phi) is 9.44. The Bertz CT molecular complexity index is 451. The quantitative estimate of drug-likeness (QED) is 0.373. The van der Waals surface area contributed by atoms with Crippen LogP contribution in [0.2, 0.25) is 0 Å². The van der Waals surface area contributed by atoms with E-state index in [9.17, 15) is 4.79 Å². The van der Waals surface area contributed by atoms with E-state index in [0.717, 1.165) is 44.7 Å². The van der Waals surface area contributed by atoms with Crippen molar-refractivity contribution >= 4 is 35.8 Å². The Hall–Kier alpha value is -0.610. The molecule has 8 heteroatoms. The number of nitrogens with zero attached hydrogens (tertiary/aromatic N) is 3. The van der Waals surface area contributed by atoms with Gasteiger partial charge in [0.1, 0.15) is 0 Å². The van der Waals surface area contributed by atoms with Crippen molar-refractivity contribution in [2.24, 2.45) is 10.4 Å². The Morgan fingerprint density at radius 1 is 1.40 bits per heavy atom. The van der Waals surface area contributed by atoms with Crippen LogP contribution in [0.5, 0.6) is 0 Å². The molecule has 1 aliphatic carbocycles. The van der Waals surface area contributed by atoms with Crippen LogP contribution in [-0.4, -0.2) is 88.9 Å². The number of carbonyl (C=O) groups excluding carboxylic acids is 1. The second kappa shape index (κ2) is 10.5. The van der Waals surface area contributed by atoms with E-state index in [4.69, 9.17) is 9.47 Å². The standard InChI is InChI=1S/C17H32N4O3.HI/c1-18-16(21-9-10-24-14(11-21)12-23-4)19-13-17(7-5-6-8-17)15(22)20(2)3;/h14H,5-13H2,1-4H3,(H,18,19);1H. The van der Waals surface area contributed by atoms with Gasteiger partial charge in [0, 0.05) is 47.9 Å². The van der Waals surface area contributed by atoms with Gasteiger partial charge in [-0.05, 0) is 12.8 Å². The summed E-state index contributed by atoms with van der Waals surface area (Å²) in [5, 5.41) is 3.45. The summed E-state index contributed by atoms with van der Waals surface area (Å²) < 4.78 is 10.9. The Morgan fingerprint density at radius 2 is 2.08 bits per heavy atom. The van der Waals surface area contributed by atoms with Gasteiger partial charge in [-0.3, -0.25) is 9.79 Å². The highest BCUT2D eigenvalue weighted by atomic mass is 127. The molecular weight excluding hydrogens is 435 g/mol. The van der Waals surface area contributed by atoms with Gasteiger partial charge in [-0.1, -0.05) is 12.8 Å². The second-order valence-electron chi connectivity index (χ2n) is 6.98. The van der Waals surface area contributed by atoms with Crippen molar-refractivity contribution in [1.29, 1.82) is 0 Å². The van der Waals surface area contributed by atoms with Crippen LogP contribution in [0.25, 0.3) is 0 Å². The number of halogens is 1. The molecule has 0 spiro atoms. The molecule has 7 nitrogen and oxygen atoms in total. The third kappa shape index (κ3) is 5.68. The van der Waals surface area contributed by atoms with Gasteiger partial charge in [-0.2, -0.15) is 0 Å². The summed E-state index contributed by atoms with van der Waals surface area (Å²) in [6.07, 6.45) is 4.19. The maximum Gasteiger partial charge on any atom is 0.230 e. The van der Waals surface area contributed by atoms with Gasteiger partial charge in [0.2, 0.25) is 5.91 Å². The molecule has 1 N–H and O–H groups in total. The first-order chi connectivity index (χ1) is 11.5. The summed E-state index contributed by atoms with van der Waals surface area (Å²) in [5.41, 5.74) is -0.294. The number of hydrogen-bond donors (Lipinski definition) is 1. The summed E-state index contributed by atoms with van der Waals surface area (Å²) in [4.78, 5) is 21.0. The number of ether oxygens (including phenoxy) is 2. The van der Waals surface area contributed by atoms with Crippen LogP contribution in [-0.2, 0) is 14.3 Å². The van der Waals surface area contributed by atoms with Crippen LogP contribution in [0, 0.1) is 5.41 Å². The second-order valence-corrected chi connectivity index (χ2v) is 6.98. The van der Waals surface area contributed by atoms with E-state index in [2.05, 4.69) is 15.2 Å².